The van der Waals surface area contributed by atoms with Crippen LogP contribution in [-0.2, 0) is 5.41 Å². The number of aromatic amines is 1. The number of aryl methyl sites for hydroxylation is 1. The van der Waals surface area contributed by atoms with Crippen LogP contribution in [0.3, 0.4) is 0 Å². The molecule has 4 heteroatoms. The molecule has 0 fully saturated rings. The third-order valence-corrected chi connectivity index (χ3v) is 4.25. The lowest BCUT2D eigenvalue weighted by molar-refractivity contribution is 0.510. The fourth-order valence-corrected chi connectivity index (χ4v) is 2.82. The number of rotatable bonds is 1. The third-order valence-electron chi connectivity index (χ3n) is 4.25. The Morgan fingerprint density at radius 2 is 1.62 bits per heavy atom. The Kier molecular flexibility index (Phi) is 3.78. The molecule has 0 aliphatic rings. The zero-order chi connectivity index (χ0) is 17.6. The van der Waals surface area contributed by atoms with Gasteiger partial charge in [0, 0.05) is 28.8 Å². The van der Waals surface area contributed by atoms with Crippen LogP contribution >= 0.6 is 0 Å². The molecule has 0 spiro atoms. The van der Waals surface area contributed by atoms with Gasteiger partial charge in [0.15, 0.2) is 17.1 Å². The molecule has 124 valence electrons. The van der Waals surface area contributed by atoms with E-state index in [0.717, 1.165) is 23.3 Å². The average Bonchev–Trinajstić information content (AvgIpc) is 2.48. The second kappa shape index (κ2) is 5.55. The molecule has 0 saturated carbocycles. The number of hydrogen-bond donors (Lipinski definition) is 1. The second-order valence-electron chi connectivity index (χ2n) is 7.14. The fraction of sp³-hybridized carbons (Fsp3) is 0.250. The number of nitrogens with one attached hydrogen (secondary N) is 1. The van der Waals surface area contributed by atoms with Crippen molar-refractivity contribution in [3.05, 3.63) is 69.4 Å². The molecule has 0 atom stereocenters. The van der Waals surface area contributed by atoms with Crippen LogP contribution < -0.4 is 5.43 Å². The normalized spacial score (nSPS) is 11.9. The predicted octanol–water partition coefficient (Wildman–Crippen LogP) is 5.08. The summed E-state index contributed by atoms with van der Waals surface area (Å²) in [4.78, 5) is 15.3. The van der Waals surface area contributed by atoms with E-state index in [0.29, 0.717) is 5.69 Å². The van der Waals surface area contributed by atoms with Crippen LogP contribution in [0.1, 0.15) is 31.9 Å². The number of pyridine rings is 1. The molecule has 0 amide bonds. The molecule has 0 aliphatic heterocycles. The third kappa shape index (κ3) is 2.84. The van der Waals surface area contributed by atoms with Crippen LogP contribution in [0.15, 0.2) is 41.2 Å². The number of H-pyrrole nitrogens is 1. The van der Waals surface area contributed by atoms with Crippen LogP contribution in [0.5, 0.6) is 0 Å². The van der Waals surface area contributed by atoms with Crippen molar-refractivity contribution in [2.45, 2.75) is 33.1 Å². The van der Waals surface area contributed by atoms with E-state index in [1.165, 1.54) is 11.6 Å². The zero-order valence-electron chi connectivity index (χ0n) is 14.1. The summed E-state index contributed by atoms with van der Waals surface area (Å²) < 4.78 is 26.8. The molecule has 2 aromatic carbocycles. The summed E-state index contributed by atoms with van der Waals surface area (Å²) in [6.07, 6.45) is 0. The van der Waals surface area contributed by atoms with E-state index in [1.54, 1.807) is 0 Å². The molecule has 3 rings (SSSR count). The van der Waals surface area contributed by atoms with Crippen molar-refractivity contribution in [3.8, 4) is 11.3 Å². The molecule has 1 heterocycles. The first kappa shape index (κ1) is 16.4. The number of hydrogen-bond acceptors (Lipinski definition) is 1. The van der Waals surface area contributed by atoms with Gasteiger partial charge >= 0.3 is 0 Å². The summed E-state index contributed by atoms with van der Waals surface area (Å²) in [6.45, 7) is 8.38. The van der Waals surface area contributed by atoms with Gasteiger partial charge in [-0.15, -0.1) is 0 Å². The highest BCUT2D eigenvalue weighted by atomic mass is 19.2. The quantitative estimate of drug-likeness (QED) is 0.664. The summed E-state index contributed by atoms with van der Waals surface area (Å²) in [6, 6.07) is 9.45. The molecule has 24 heavy (non-hydrogen) atoms. The van der Waals surface area contributed by atoms with Gasteiger partial charge in [-0.2, -0.15) is 0 Å². The Balaban J connectivity index is 2.20. The Labute approximate surface area is 139 Å². The van der Waals surface area contributed by atoms with E-state index < -0.39 is 11.6 Å². The highest BCUT2D eigenvalue weighted by molar-refractivity contribution is 5.82. The minimum absolute atomic E-state index is 0.0285. The topological polar surface area (TPSA) is 32.9 Å². The van der Waals surface area contributed by atoms with Gasteiger partial charge in [-0.05, 0) is 29.5 Å². The Morgan fingerprint density at radius 3 is 2.25 bits per heavy atom. The lowest BCUT2D eigenvalue weighted by Crippen LogP contribution is -2.11. The summed E-state index contributed by atoms with van der Waals surface area (Å²) in [5, 5.41) is 0.140. The predicted molar refractivity (Wildman–Crippen MR) is 93.4 cm³/mol. The molecule has 0 aliphatic carbocycles. The monoisotopic (exact) mass is 327 g/mol. The molecule has 0 unspecified atom stereocenters. The van der Waals surface area contributed by atoms with Crippen LogP contribution in [0, 0.1) is 18.6 Å². The van der Waals surface area contributed by atoms with Crippen molar-refractivity contribution in [2.75, 3.05) is 0 Å². The van der Waals surface area contributed by atoms with Gasteiger partial charge in [0.1, 0.15) is 0 Å². The largest absolute Gasteiger partial charge is 0.354 e. The first-order valence-corrected chi connectivity index (χ1v) is 7.80. The molecule has 1 aromatic heterocycles. The summed E-state index contributed by atoms with van der Waals surface area (Å²) in [7, 11) is 0. The van der Waals surface area contributed by atoms with E-state index in [9.17, 15) is 13.6 Å². The Bertz CT molecular complexity index is 997. The van der Waals surface area contributed by atoms with E-state index in [-0.39, 0.29) is 21.7 Å². The fourth-order valence-electron chi connectivity index (χ4n) is 2.82. The van der Waals surface area contributed by atoms with Gasteiger partial charge in [-0.25, -0.2) is 8.78 Å². The Morgan fingerprint density at radius 1 is 0.958 bits per heavy atom. The molecule has 1 N–H and O–H groups in total. The smallest absolute Gasteiger partial charge is 0.190 e. The number of halogens is 2. The maximum atomic E-state index is 13.5. The van der Waals surface area contributed by atoms with Crippen molar-refractivity contribution in [1.29, 1.82) is 0 Å². The number of aromatic nitrogens is 1. The summed E-state index contributed by atoms with van der Waals surface area (Å²) in [5.41, 5.74) is 3.65. The van der Waals surface area contributed by atoms with Gasteiger partial charge in [0.05, 0.1) is 5.52 Å². The van der Waals surface area contributed by atoms with Gasteiger partial charge in [-0.3, -0.25) is 4.79 Å². The standard InChI is InChI=1S/C20H19F2NO/c1-11-7-12(20(2,3)4)5-6-13(11)18-10-19(24)14-8-15(21)16(22)9-17(14)23-18/h5-10H,1-4H3,(H,23,24). The minimum atomic E-state index is -1.02. The van der Waals surface area contributed by atoms with Crippen LogP contribution in [-0.4, -0.2) is 4.98 Å². The maximum absolute atomic E-state index is 13.5. The lowest BCUT2D eigenvalue weighted by atomic mass is 9.85. The summed E-state index contributed by atoms with van der Waals surface area (Å²) in [5.74, 6) is -2.00. The average molecular weight is 327 g/mol. The molecular weight excluding hydrogens is 308 g/mol. The van der Waals surface area contributed by atoms with Crippen LogP contribution in [0.4, 0.5) is 8.78 Å². The van der Waals surface area contributed by atoms with E-state index in [1.807, 2.05) is 19.1 Å². The van der Waals surface area contributed by atoms with Crippen molar-refractivity contribution in [2.24, 2.45) is 0 Å². The maximum Gasteiger partial charge on any atom is 0.190 e. The van der Waals surface area contributed by atoms with E-state index >= 15 is 0 Å². The van der Waals surface area contributed by atoms with Crippen molar-refractivity contribution >= 4 is 10.9 Å². The number of benzene rings is 2. The van der Waals surface area contributed by atoms with Crippen molar-refractivity contribution < 1.29 is 8.78 Å². The zero-order valence-corrected chi connectivity index (χ0v) is 14.1. The molecule has 0 saturated heterocycles. The Hall–Kier alpha value is -2.49. The minimum Gasteiger partial charge on any atom is -0.354 e. The molecule has 3 aromatic rings. The SMILES string of the molecule is Cc1cc(C(C)(C)C)ccc1-c1cc(=O)c2cc(F)c(F)cc2[nH]1. The lowest BCUT2D eigenvalue weighted by Gasteiger charge is -2.20. The molecule has 0 radical (unpaired) electrons. The van der Waals surface area contributed by atoms with Gasteiger partial charge in [-0.1, -0.05) is 39.0 Å². The molecule has 2 nitrogen and oxygen atoms in total. The first-order valence-electron chi connectivity index (χ1n) is 7.80. The van der Waals surface area contributed by atoms with Gasteiger partial charge in [0.25, 0.3) is 0 Å². The van der Waals surface area contributed by atoms with E-state index in [2.05, 4.69) is 31.8 Å². The van der Waals surface area contributed by atoms with Crippen molar-refractivity contribution in [3.63, 3.8) is 0 Å². The van der Waals surface area contributed by atoms with Gasteiger partial charge in [0.2, 0.25) is 0 Å². The van der Waals surface area contributed by atoms with Gasteiger partial charge < -0.3 is 4.98 Å². The van der Waals surface area contributed by atoms with E-state index in [4.69, 9.17) is 0 Å². The second-order valence-corrected chi connectivity index (χ2v) is 7.14. The molecular formula is C20H19F2NO. The summed E-state index contributed by atoms with van der Waals surface area (Å²) >= 11 is 0. The van der Waals surface area contributed by atoms with Crippen LogP contribution in [0.25, 0.3) is 22.2 Å². The highest BCUT2D eigenvalue weighted by Gasteiger charge is 2.16. The first-order chi connectivity index (χ1) is 11.2. The molecule has 0 bridgehead atoms. The highest BCUT2D eigenvalue weighted by Crippen LogP contribution is 2.29. The van der Waals surface area contributed by atoms with Crippen molar-refractivity contribution in [1.82, 2.24) is 4.98 Å². The number of fused-ring (bicyclic) bond motifs is 1. The van der Waals surface area contributed by atoms with Crippen LogP contribution in [0.2, 0.25) is 0 Å².